The molecular weight excluding hydrogens is 248 g/mol. The monoisotopic (exact) mass is 258 g/mol. The van der Waals surface area contributed by atoms with Crippen molar-refractivity contribution in [3.05, 3.63) is 23.9 Å². The summed E-state index contributed by atoms with van der Waals surface area (Å²) in [6.45, 7) is 0.391. The van der Waals surface area contributed by atoms with Gasteiger partial charge in [0.1, 0.15) is 11.8 Å². The van der Waals surface area contributed by atoms with Crippen LogP contribution in [-0.2, 0) is 6.54 Å². The van der Waals surface area contributed by atoms with E-state index in [1.165, 1.54) is 4.68 Å². The highest BCUT2D eigenvalue weighted by atomic mass is 16.7. The molecule has 0 saturated carbocycles. The second-order valence-corrected chi connectivity index (χ2v) is 3.91. The Balaban J connectivity index is 2.11. The number of aromatic nitrogens is 3. The maximum absolute atomic E-state index is 9.07. The van der Waals surface area contributed by atoms with Crippen molar-refractivity contribution in [1.29, 1.82) is 5.26 Å². The van der Waals surface area contributed by atoms with Gasteiger partial charge in [-0.05, 0) is 18.2 Å². The normalized spacial score (nSPS) is 12.4. The first-order valence-corrected chi connectivity index (χ1v) is 5.68. The van der Waals surface area contributed by atoms with Crippen molar-refractivity contribution in [3.63, 3.8) is 0 Å². The number of benzene rings is 1. The van der Waals surface area contributed by atoms with Crippen LogP contribution in [0.15, 0.2) is 18.2 Å². The second-order valence-electron chi connectivity index (χ2n) is 3.91. The molecule has 0 fully saturated rings. The van der Waals surface area contributed by atoms with E-state index in [2.05, 4.69) is 10.3 Å². The Labute approximate surface area is 108 Å². The summed E-state index contributed by atoms with van der Waals surface area (Å²) in [7, 11) is 0. The SMILES string of the molecule is N#Cc1nnn(CCO)c1-c1ccc2c(c1)OCO2. The van der Waals surface area contributed by atoms with Crippen molar-refractivity contribution in [2.45, 2.75) is 6.54 Å². The molecule has 1 aromatic carbocycles. The minimum Gasteiger partial charge on any atom is -0.454 e. The molecule has 7 nitrogen and oxygen atoms in total. The fourth-order valence-corrected chi connectivity index (χ4v) is 1.97. The number of rotatable bonds is 3. The molecule has 0 radical (unpaired) electrons. The first kappa shape index (κ1) is 11.5. The quantitative estimate of drug-likeness (QED) is 0.863. The van der Waals surface area contributed by atoms with Gasteiger partial charge >= 0.3 is 0 Å². The molecule has 0 atom stereocenters. The summed E-state index contributed by atoms with van der Waals surface area (Å²) in [5.74, 6) is 1.29. The van der Waals surface area contributed by atoms with Gasteiger partial charge in [-0.2, -0.15) is 5.26 Å². The zero-order chi connectivity index (χ0) is 13.2. The highest BCUT2D eigenvalue weighted by Gasteiger charge is 2.19. The van der Waals surface area contributed by atoms with Gasteiger partial charge in [-0.15, -0.1) is 5.10 Å². The molecule has 0 unspecified atom stereocenters. The van der Waals surface area contributed by atoms with Gasteiger partial charge in [0.25, 0.3) is 0 Å². The summed E-state index contributed by atoms with van der Waals surface area (Å²) >= 11 is 0. The number of hydrogen-bond acceptors (Lipinski definition) is 6. The summed E-state index contributed by atoms with van der Waals surface area (Å²) in [5.41, 5.74) is 1.53. The zero-order valence-corrected chi connectivity index (χ0v) is 9.91. The Morgan fingerprint density at radius 1 is 1.37 bits per heavy atom. The molecule has 0 bridgehead atoms. The lowest BCUT2D eigenvalue weighted by atomic mass is 10.1. The highest BCUT2D eigenvalue weighted by Crippen LogP contribution is 2.36. The first-order valence-electron chi connectivity index (χ1n) is 5.68. The van der Waals surface area contributed by atoms with Crippen molar-refractivity contribution in [1.82, 2.24) is 15.0 Å². The zero-order valence-electron chi connectivity index (χ0n) is 9.91. The van der Waals surface area contributed by atoms with Gasteiger partial charge < -0.3 is 14.6 Å². The highest BCUT2D eigenvalue weighted by molar-refractivity contribution is 5.68. The fraction of sp³-hybridized carbons (Fsp3) is 0.250. The predicted octanol–water partition coefficient (Wildman–Crippen LogP) is 0.538. The van der Waals surface area contributed by atoms with E-state index in [9.17, 15) is 0 Å². The lowest BCUT2D eigenvalue weighted by Crippen LogP contribution is -2.06. The molecule has 1 aliphatic heterocycles. The summed E-state index contributed by atoms with van der Waals surface area (Å²) in [5, 5.41) is 25.7. The van der Waals surface area contributed by atoms with Crippen LogP contribution in [0, 0.1) is 11.3 Å². The minimum atomic E-state index is -0.0776. The summed E-state index contributed by atoms with van der Waals surface area (Å²) < 4.78 is 12.0. The van der Waals surface area contributed by atoms with Gasteiger partial charge in [-0.25, -0.2) is 4.68 Å². The topological polar surface area (TPSA) is 93.2 Å². The third kappa shape index (κ3) is 1.88. The van der Waals surface area contributed by atoms with Crippen LogP contribution in [0.4, 0.5) is 0 Å². The summed E-state index contributed by atoms with van der Waals surface area (Å²) in [6, 6.07) is 7.35. The van der Waals surface area contributed by atoms with E-state index in [1.54, 1.807) is 18.2 Å². The number of aliphatic hydroxyl groups is 1. The van der Waals surface area contributed by atoms with E-state index in [-0.39, 0.29) is 25.6 Å². The van der Waals surface area contributed by atoms with E-state index < -0.39 is 0 Å². The molecule has 0 amide bonds. The fourth-order valence-electron chi connectivity index (χ4n) is 1.97. The molecule has 1 N–H and O–H groups in total. The van der Waals surface area contributed by atoms with Crippen LogP contribution in [0.2, 0.25) is 0 Å². The summed E-state index contributed by atoms with van der Waals surface area (Å²) in [6.07, 6.45) is 0. The number of hydrogen-bond donors (Lipinski definition) is 1. The molecule has 2 heterocycles. The van der Waals surface area contributed by atoms with Crippen LogP contribution >= 0.6 is 0 Å². The number of nitrogens with zero attached hydrogens (tertiary/aromatic N) is 4. The average Bonchev–Trinajstić information content (AvgIpc) is 3.04. The molecular formula is C12H10N4O3. The third-order valence-corrected chi connectivity index (χ3v) is 2.80. The van der Waals surface area contributed by atoms with E-state index in [1.807, 2.05) is 6.07 Å². The maximum atomic E-state index is 9.07. The van der Waals surface area contributed by atoms with Crippen LogP contribution in [0.25, 0.3) is 11.3 Å². The van der Waals surface area contributed by atoms with Gasteiger partial charge in [0.15, 0.2) is 17.2 Å². The molecule has 7 heteroatoms. The number of nitriles is 1. The van der Waals surface area contributed by atoms with Crippen LogP contribution < -0.4 is 9.47 Å². The van der Waals surface area contributed by atoms with Crippen LogP contribution in [0.5, 0.6) is 11.5 Å². The van der Waals surface area contributed by atoms with Gasteiger partial charge in [0.05, 0.1) is 13.2 Å². The van der Waals surface area contributed by atoms with Crippen LogP contribution in [0.3, 0.4) is 0 Å². The molecule has 3 rings (SSSR count). The molecule has 1 aliphatic rings. The van der Waals surface area contributed by atoms with Crippen molar-refractivity contribution in [2.24, 2.45) is 0 Å². The van der Waals surface area contributed by atoms with Gasteiger partial charge in [0.2, 0.25) is 6.79 Å². The minimum absolute atomic E-state index is 0.0776. The summed E-state index contributed by atoms with van der Waals surface area (Å²) in [4.78, 5) is 0. The predicted molar refractivity (Wildman–Crippen MR) is 63.4 cm³/mol. The Kier molecular flexibility index (Phi) is 2.78. The van der Waals surface area contributed by atoms with Crippen molar-refractivity contribution >= 4 is 0 Å². The smallest absolute Gasteiger partial charge is 0.231 e. The van der Waals surface area contributed by atoms with E-state index >= 15 is 0 Å². The lowest BCUT2D eigenvalue weighted by Gasteiger charge is -2.06. The first-order chi connectivity index (χ1) is 9.33. The number of ether oxygens (including phenoxy) is 2. The molecule has 0 saturated heterocycles. The van der Waals surface area contributed by atoms with Crippen LogP contribution in [0.1, 0.15) is 5.69 Å². The van der Waals surface area contributed by atoms with Gasteiger partial charge in [-0.1, -0.05) is 5.21 Å². The molecule has 96 valence electrons. The number of aliphatic hydroxyl groups excluding tert-OH is 1. The second kappa shape index (κ2) is 4.59. The molecule has 19 heavy (non-hydrogen) atoms. The molecule has 1 aromatic heterocycles. The van der Waals surface area contributed by atoms with E-state index in [0.29, 0.717) is 17.2 Å². The Morgan fingerprint density at radius 2 is 2.21 bits per heavy atom. The van der Waals surface area contributed by atoms with Crippen LogP contribution in [-0.4, -0.2) is 33.5 Å². The van der Waals surface area contributed by atoms with Crippen molar-refractivity contribution in [2.75, 3.05) is 13.4 Å². The largest absolute Gasteiger partial charge is 0.454 e. The Hall–Kier alpha value is -2.59. The Morgan fingerprint density at radius 3 is 3.00 bits per heavy atom. The lowest BCUT2D eigenvalue weighted by molar-refractivity contribution is 0.174. The van der Waals surface area contributed by atoms with Gasteiger partial charge in [-0.3, -0.25) is 0 Å². The molecule has 0 spiro atoms. The van der Waals surface area contributed by atoms with E-state index in [0.717, 1.165) is 5.56 Å². The van der Waals surface area contributed by atoms with Crippen molar-refractivity contribution in [3.8, 4) is 28.8 Å². The third-order valence-electron chi connectivity index (χ3n) is 2.80. The Bertz CT molecular complexity index is 659. The average molecular weight is 258 g/mol. The molecule has 0 aliphatic carbocycles. The number of fused-ring (bicyclic) bond motifs is 1. The molecule has 2 aromatic rings. The van der Waals surface area contributed by atoms with Crippen molar-refractivity contribution < 1.29 is 14.6 Å². The van der Waals surface area contributed by atoms with E-state index in [4.69, 9.17) is 19.8 Å². The maximum Gasteiger partial charge on any atom is 0.231 e. The van der Waals surface area contributed by atoms with Gasteiger partial charge in [0, 0.05) is 5.56 Å². The standard InChI is InChI=1S/C12H10N4O3/c13-6-9-12(16(3-4-17)15-14-9)8-1-2-10-11(5-8)19-7-18-10/h1-2,5,17H,3-4,7H2.